The fourth-order valence-electron chi connectivity index (χ4n) is 3.59. The molecule has 0 aromatic heterocycles. The molecule has 1 atom stereocenters. The van der Waals surface area contributed by atoms with E-state index in [4.69, 9.17) is 0 Å². The van der Waals surface area contributed by atoms with Gasteiger partial charge in [0.15, 0.2) is 0 Å². The van der Waals surface area contributed by atoms with Crippen LogP contribution in [0.1, 0.15) is 39.0 Å². The van der Waals surface area contributed by atoms with Crippen LogP contribution >= 0.6 is 0 Å². The van der Waals surface area contributed by atoms with Gasteiger partial charge in [-0.1, -0.05) is 12.5 Å². The summed E-state index contributed by atoms with van der Waals surface area (Å²) in [5, 5.41) is 2.85. The van der Waals surface area contributed by atoms with Crippen LogP contribution in [0.5, 0.6) is 0 Å². The molecule has 2 aliphatic heterocycles. The number of sulfonamides is 1. The van der Waals surface area contributed by atoms with Crippen molar-refractivity contribution >= 4 is 21.6 Å². The first kappa shape index (κ1) is 18.4. The molecule has 2 heterocycles. The summed E-state index contributed by atoms with van der Waals surface area (Å²) in [6.45, 7) is 4.59. The van der Waals surface area contributed by atoms with Crippen molar-refractivity contribution in [2.24, 2.45) is 0 Å². The quantitative estimate of drug-likeness (QED) is 0.869. The van der Waals surface area contributed by atoms with E-state index in [0.29, 0.717) is 31.4 Å². The lowest BCUT2D eigenvalue weighted by Crippen LogP contribution is -2.42. The highest BCUT2D eigenvalue weighted by Gasteiger charge is 2.27. The van der Waals surface area contributed by atoms with Gasteiger partial charge < -0.3 is 5.32 Å². The van der Waals surface area contributed by atoms with Gasteiger partial charge in [0.05, 0.1) is 11.4 Å². The number of hydrogen-bond donors (Lipinski definition) is 1. The largest absolute Gasteiger partial charge is 0.325 e. The molecule has 7 heteroatoms. The number of nitrogens with zero attached hydrogens (tertiary/aromatic N) is 2. The second-order valence-corrected chi connectivity index (χ2v) is 8.94. The molecule has 2 saturated heterocycles. The van der Waals surface area contributed by atoms with Gasteiger partial charge in [0.25, 0.3) is 0 Å². The molecule has 0 saturated carbocycles. The summed E-state index contributed by atoms with van der Waals surface area (Å²) in [5.41, 5.74) is 0.537. The standard InChI is InChI=1S/C18H27N3O3S/c1-15-7-2-3-10-20(15)14-18(22)19-16-8-6-9-17(13-16)25(23,24)21-11-4-5-12-21/h6,8-9,13,15H,2-5,7,10-12,14H2,1H3,(H,19,22)/t15-/m0/s1. The van der Waals surface area contributed by atoms with Gasteiger partial charge in [0.2, 0.25) is 15.9 Å². The lowest BCUT2D eigenvalue weighted by atomic mass is 10.0. The number of likely N-dealkylation sites (tertiary alicyclic amines) is 1. The Balaban J connectivity index is 1.66. The molecule has 0 bridgehead atoms. The van der Waals surface area contributed by atoms with Crippen molar-refractivity contribution < 1.29 is 13.2 Å². The molecule has 1 N–H and O–H groups in total. The van der Waals surface area contributed by atoms with Crippen LogP contribution in [-0.4, -0.2) is 55.8 Å². The van der Waals surface area contributed by atoms with Crippen LogP contribution in [0.2, 0.25) is 0 Å². The molecule has 1 amide bonds. The maximum atomic E-state index is 12.6. The summed E-state index contributed by atoms with van der Waals surface area (Å²) in [4.78, 5) is 14.8. The number of amides is 1. The number of anilines is 1. The Labute approximate surface area is 150 Å². The monoisotopic (exact) mass is 365 g/mol. The minimum absolute atomic E-state index is 0.0931. The Morgan fingerprint density at radius 2 is 1.88 bits per heavy atom. The highest BCUT2D eigenvalue weighted by molar-refractivity contribution is 7.89. The highest BCUT2D eigenvalue weighted by Crippen LogP contribution is 2.23. The van der Waals surface area contributed by atoms with Crippen molar-refractivity contribution in [3.8, 4) is 0 Å². The molecular weight excluding hydrogens is 338 g/mol. The molecule has 2 fully saturated rings. The Morgan fingerprint density at radius 3 is 2.60 bits per heavy atom. The van der Waals surface area contributed by atoms with E-state index < -0.39 is 10.0 Å². The maximum absolute atomic E-state index is 12.6. The normalized spacial score (nSPS) is 22.8. The predicted molar refractivity (Wildman–Crippen MR) is 98.0 cm³/mol. The molecular formula is C18H27N3O3S. The number of carbonyl (C=O) groups excluding carboxylic acids is 1. The van der Waals surface area contributed by atoms with Crippen LogP contribution in [0.4, 0.5) is 5.69 Å². The van der Waals surface area contributed by atoms with Crippen molar-refractivity contribution in [1.82, 2.24) is 9.21 Å². The Morgan fingerprint density at radius 1 is 1.16 bits per heavy atom. The summed E-state index contributed by atoms with van der Waals surface area (Å²) in [6.07, 6.45) is 5.28. The average Bonchev–Trinajstić information content (AvgIpc) is 3.12. The summed E-state index contributed by atoms with van der Waals surface area (Å²) in [7, 11) is -3.46. The topological polar surface area (TPSA) is 69.7 Å². The van der Waals surface area contributed by atoms with Gasteiger partial charge in [-0.2, -0.15) is 4.31 Å². The van der Waals surface area contributed by atoms with Crippen molar-refractivity contribution in [1.29, 1.82) is 0 Å². The van der Waals surface area contributed by atoms with Crippen LogP contribution in [-0.2, 0) is 14.8 Å². The maximum Gasteiger partial charge on any atom is 0.243 e. The summed E-state index contributed by atoms with van der Waals surface area (Å²) in [5.74, 6) is -0.0931. The van der Waals surface area contributed by atoms with Gasteiger partial charge in [-0.3, -0.25) is 9.69 Å². The number of benzene rings is 1. The van der Waals surface area contributed by atoms with Gasteiger partial charge in [-0.25, -0.2) is 8.42 Å². The van der Waals surface area contributed by atoms with E-state index in [9.17, 15) is 13.2 Å². The summed E-state index contributed by atoms with van der Waals surface area (Å²) in [6, 6.07) is 6.99. The smallest absolute Gasteiger partial charge is 0.243 e. The predicted octanol–water partition coefficient (Wildman–Crippen LogP) is 2.28. The lowest BCUT2D eigenvalue weighted by molar-refractivity contribution is -0.118. The van der Waals surface area contributed by atoms with E-state index in [0.717, 1.165) is 32.2 Å². The molecule has 0 aliphatic carbocycles. The SMILES string of the molecule is C[C@H]1CCCCN1CC(=O)Nc1cccc(S(=O)(=O)N2CCCC2)c1. The number of hydrogen-bond acceptors (Lipinski definition) is 4. The minimum Gasteiger partial charge on any atom is -0.325 e. The van der Waals surface area contributed by atoms with Gasteiger partial charge in [0, 0.05) is 24.8 Å². The van der Waals surface area contributed by atoms with Crippen molar-refractivity contribution in [3.63, 3.8) is 0 Å². The lowest BCUT2D eigenvalue weighted by Gasteiger charge is -2.32. The number of rotatable bonds is 5. The van der Waals surface area contributed by atoms with E-state index in [1.807, 2.05) is 0 Å². The molecule has 6 nitrogen and oxygen atoms in total. The fraction of sp³-hybridized carbons (Fsp3) is 0.611. The Hall–Kier alpha value is -1.44. The zero-order valence-electron chi connectivity index (χ0n) is 14.8. The molecule has 25 heavy (non-hydrogen) atoms. The number of carbonyl (C=O) groups is 1. The summed E-state index contributed by atoms with van der Waals surface area (Å²) >= 11 is 0. The second kappa shape index (κ2) is 7.85. The van der Waals surface area contributed by atoms with Crippen molar-refractivity contribution in [3.05, 3.63) is 24.3 Å². The molecule has 0 spiro atoms. The fourth-order valence-corrected chi connectivity index (χ4v) is 5.15. The Kier molecular flexibility index (Phi) is 5.76. The molecule has 1 aromatic rings. The zero-order valence-corrected chi connectivity index (χ0v) is 15.6. The van der Waals surface area contributed by atoms with Gasteiger partial charge in [-0.15, -0.1) is 0 Å². The van der Waals surface area contributed by atoms with Crippen LogP contribution < -0.4 is 5.32 Å². The van der Waals surface area contributed by atoms with Crippen LogP contribution in [0, 0.1) is 0 Å². The van der Waals surface area contributed by atoms with Gasteiger partial charge in [0.1, 0.15) is 0 Å². The van der Waals surface area contributed by atoms with Crippen LogP contribution in [0.3, 0.4) is 0 Å². The zero-order chi connectivity index (χ0) is 17.9. The molecule has 0 unspecified atom stereocenters. The van der Waals surface area contributed by atoms with Gasteiger partial charge >= 0.3 is 0 Å². The highest BCUT2D eigenvalue weighted by atomic mass is 32.2. The first-order valence-corrected chi connectivity index (χ1v) is 10.5. The second-order valence-electron chi connectivity index (χ2n) is 7.00. The third-order valence-electron chi connectivity index (χ3n) is 5.11. The van der Waals surface area contributed by atoms with Crippen molar-refractivity contribution in [2.45, 2.75) is 50.0 Å². The number of nitrogens with one attached hydrogen (secondary N) is 1. The molecule has 1 aromatic carbocycles. The number of piperidine rings is 1. The minimum atomic E-state index is -3.46. The average molecular weight is 365 g/mol. The van der Waals surface area contributed by atoms with E-state index in [-0.39, 0.29) is 10.8 Å². The first-order valence-electron chi connectivity index (χ1n) is 9.11. The molecule has 138 valence electrons. The first-order chi connectivity index (χ1) is 12.0. The summed E-state index contributed by atoms with van der Waals surface area (Å²) < 4.78 is 26.8. The molecule has 2 aliphatic rings. The van der Waals surface area contributed by atoms with Crippen LogP contribution in [0.25, 0.3) is 0 Å². The molecule has 0 radical (unpaired) electrons. The van der Waals surface area contributed by atoms with E-state index in [1.54, 1.807) is 24.3 Å². The van der Waals surface area contributed by atoms with E-state index >= 15 is 0 Å². The van der Waals surface area contributed by atoms with Crippen LogP contribution in [0.15, 0.2) is 29.2 Å². The van der Waals surface area contributed by atoms with Gasteiger partial charge in [-0.05, 0) is 57.4 Å². The van der Waals surface area contributed by atoms with Crippen molar-refractivity contribution in [2.75, 3.05) is 31.5 Å². The third-order valence-corrected chi connectivity index (χ3v) is 7.00. The van der Waals surface area contributed by atoms with E-state index in [2.05, 4.69) is 17.1 Å². The molecule has 3 rings (SSSR count). The van der Waals surface area contributed by atoms with E-state index in [1.165, 1.54) is 10.7 Å². The Bertz CT molecular complexity index is 714. The third kappa shape index (κ3) is 4.40.